The summed E-state index contributed by atoms with van der Waals surface area (Å²) in [5, 5.41) is 6.94. The second kappa shape index (κ2) is 24.5. The summed E-state index contributed by atoms with van der Waals surface area (Å²) in [7, 11) is 5.15. The van der Waals surface area contributed by atoms with E-state index < -0.39 is 0 Å². The fourth-order valence-electron chi connectivity index (χ4n) is 7.84. The molecular formula is C53H76ClN5O4. The van der Waals surface area contributed by atoms with Gasteiger partial charge in [-0.1, -0.05) is 136 Å². The zero-order valence-electron chi connectivity index (χ0n) is 40.1. The molecule has 10 heteroatoms. The number of carbonyl (C=O) groups is 2. The van der Waals surface area contributed by atoms with Gasteiger partial charge in [-0.2, -0.15) is 0 Å². The minimum Gasteiger partial charge on any atom is -0.481 e. The van der Waals surface area contributed by atoms with Gasteiger partial charge in [-0.15, -0.1) is 0 Å². The predicted molar refractivity (Wildman–Crippen MR) is 263 cm³/mol. The second-order valence-corrected chi connectivity index (χ2v) is 18.0. The molecule has 3 unspecified atom stereocenters. The summed E-state index contributed by atoms with van der Waals surface area (Å²) in [6.07, 6.45) is 16.4. The number of aromatic nitrogens is 1. The molecule has 1 aliphatic heterocycles. The largest absolute Gasteiger partial charge is 0.481 e. The quantitative estimate of drug-likeness (QED) is 0.139. The molecule has 0 radical (unpaired) electrons. The molecular weight excluding hydrogens is 806 g/mol. The van der Waals surface area contributed by atoms with Gasteiger partial charge in [0, 0.05) is 66.4 Å². The van der Waals surface area contributed by atoms with Gasteiger partial charge in [0.25, 0.3) is 5.91 Å². The summed E-state index contributed by atoms with van der Waals surface area (Å²) < 4.78 is 10.9. The number of anilines is 1. The Bertz CT molecular complexity index is 2050. The number of methoxy groups -OCH3 is 2. The molecule has 0 spiro atoms. The number of nitrogens with one attached hydrogen (secondary N) is 2. The summed E-state index contributed by atoms with van der Waals surface area (Å²) in [6.45, 7) is 24.5. The van der Waals surface area contributed by atoms with E-state index in [1.54, 1.807) is 25.3 Å². The predicted octanol–water partition coefficient (Wildman–Crippen LogP) is 12.9. The van der Waals surface area contributed by atoms with Crippen molar-refractivity contribution in [2.45, 2.75) is 137 Å². The van der Waals surface area contributed by atoms with Gasteiger partial charge in [0.15, 0.2) is 0 Å². The highest BCUT2D eigenvalue weighted by atomic mass is 35.5. The van der Waals surface area contributed by atoms with E-state index in [-0.39, 0.29) is 23.3 Å². The summed E-state index contributed by atoms with van der Waals surface area (Å²) in [6, 6.07) is 15.7. The van der Waals surface area contributed by atoms with E-state index in [1.807, 2.05) is 61.3 Å². The van der Waals surface area contributed by atoms with E-state index >= 15 is 0 Å². The molecule has 3 aliphatic rings. The van der Waals surface area contributed by atoms with Gasteiger partial charge in [0.2, 0.25) is 11.8 Å². The Balaban J connectivity index is 0.000000329. The van der Waals surface area contributed by atoms with Crippen molar-refractivity contribution >= 4 is 29.1 Å². The number of amides is 2. The van der Waals surface area contributed by atoms with Crippen molar-refractivity contribution in [3.8, 4) is 28.3 Å². The van der Waals surface area contributed by atoms with Crippen LogP contribution in [0.2, 0.25) is 5.02 Å². The van der Waals surface area contributed by atoms with Crippen LogP contribution in [-0.2, 0) is 20.7 Å². The summed E-state index contributed by atoms with van der Waals surface area (Å²) >= 11 is 7.02. The number of nitrogens with zero attached hydrogens (tertiary/aromatic N) is 3. The highest BCUT2D eigenvalue weighted by molar-refractivity contribution is 6.36. The van der Waals surface area contributed by atoms with Crippen LogP contribution >= 0.6 is 11.6 Å². The number of fused-ring (bicyclic) bond motifs is 1. The Morgan fingerprint density at radius 2 is 1.63 bits per heavy atom. The third-order valence-corrected chi connectivity index (χ3v) is 13.9. The van der Waals surface area contributed by atoms with Gasteiger partial charge >= 0.3 is 0 Å². The van der Waals surface area contributed by atoms with Crippen LogP contribution in [0.5, 0.6) is 5.88 Å². The first-order valence-electron chi connectivity index (χ1n) is 23.4. The van der Waals surface area contributed by atoms with Crippen molar-refractivity contribution < 1.29 is 19.1 Å². The van der Waals surface area contributed by atoms with Gasteiger partial charge in [-0.05, 0) is 86.1 Å². The third-order valence-electron chi connectivity index (χ3n) is 13.5. The lowest BCUT2D eigenvalue weighted by Gasteiger charge is -2.37. The summed E-state index contributed by atoms with van der Waals surface area (Å²) in [5.41, 5.74) is 7.48. The zero-order valence-corrected chi connectivity index (χ0v) is 40.9. The molecule has 3 aromatic rings. The average Bonchev–Trinajstić information content (AvgIpc) is 3.65. The van der Waals surface area contributed by atoms with Crippen molar-refractivity contribution in [1.82, 2.24) is 20.1 Å². The number of hydrogen-bond donors (Lipinski definition) is 2. The molecule has 6 rings (SSSR count). The smallest absolute Gasteiger partial charge is 0.259 e. The van der Waals surface area contributed by atoms with Gasteiger partial charge in [0.05, 0.1) is 30.0 Å². The van der Waals surface area contributed by atoms with Crippen molar-refractivity contribution in [3.63, 3.8) is 0 Å². The van der Waals surface area contributed by atoms with Gasteiger partial charge in [-0.25, -0.2) is 4.98 Å². The van der Waals surface area contributed by atoms with Gasteiger partial charge < -0.3 is 29.9 Å². The van der Waals surface area contributed by atoms with Gasteiger partial charge in [0.1, 0.15) is 5.82 Å². The maximum absolute atomic E-state index is 13.4. The molecule has 2 aromatic carbocycles. The molecule has 2 N–H and O–H groups in total. The monoisotopic (exact) mass is 882 g/mol. The number of benzene rings is 2. The number of halogens is 1. The second-order valence-electron chi connectivity index (χ2n) is 17.6. The lowest BCUT2D eigenvalue weighted by atomic mass is 9.84. The van der Waals surface area contributed by atoms with Crippen LogP contribution in [0.25, 0.3) is 22.4 Å². The van der Waals surface area contributed by atoms with Crippen molar-refractivity contribution in [1.29, 1.82) is 0 Å². The molecule has 0 bridgehead atoms. The number of ether oxygens (including phenoxy) is 2. The highest BCUT2D eigenvalue weighted by Gasteiger charge is 2.30. The van der Waals surface area contributed by atoms with E-state index in [4.69, 9.17) is 26.1 Å². The Kier molecular flexibility index (Phi) is 19.8. The van der Waals surface area contributed by atoms with E-state index in [0.29, 0.717) is 46.9 Å². The third kappa shape index (κ3) is 13.2. The molecule has 2 amide bonds. The van der Waals surface area contributed by atoms with Crippen LogP contribution in [0, 0.1) is 11.8 Å². The molecule has 0 saturated heterocycles. The Labute approximate surface area is 384 Å². The summed E-state index contributed by atoms with van der Waals surface area (Å²) in [5.74, 6) is 2.67. The van der Waals surface area contributed by atoms with Crippen LogP contribution in [0.1, 0.15) is 136 Å². The van der Waals surface area contributed by atoms with Crippen LogP contribution < -0.4 is 15.4 Å². The van der Waals surface area contributed by atoms with Crippen LogP contribution in [-0.4, -0.2) is 66.6 Å². The van der Waals surface area contributed by atoms with E-state index in [9.17, 15) is 9.59 Å². The number of pyridine rings is 1. The Morgan fingerprint density at radius 3 is 2.24 bits per heavy atom. The number of hydrogen-bond acceptors (Lipinski definition) is 7. The molecule has 1 saturated carbocycles. The van der Waals surface area contributed by atoms with Crippen LogP contribution in [0.4, 0.5) is 5.69 Å². The molecule has 2 heterocycles. The first kappa shape index (κ1) is 51.0. The molecule has 1 fully saturated rings. The highest BCUT2D eigenvalue weighted by Crippen LogP contribution is 2.43. The standard InChI is InChI=1S/C33H35ClN4O3.C16H33NO.C4H8/c1-20-13-14-24-18-29(36-33(41-6)30(20)24)27-12-8-11-26(31(27)34)23-9-7-10-25(17-23)35-32(39)28-19-38(15-16-40-5)22(3)37(4)21(28)2;1-7-13(5)11-12-16(9-3,10-4)17-15(18)14(6)8-2;1-2-4-3-1/h7-12,17-20H,2-3,13-16H2,1,4-6H3,(H,35,39);13-14H,7-12H2,1-6H3,(H,17,18);1-4H2. The minimum atomic E-state index is -0.266. The molecule has 1 aromatic heterocycles. The topological polar surface area (TPSA) is 96.0 Å². The normalized spacial score (nSPS) is 16.6. The van der Waals surface area contributed by atoms with E-state index in [1.165, 1.54) is 49.7 Å². The first-order valence-corrected chi connectivity index (χ1v) is 23.7. The number of carbonyl (C=O) groups excluding carboxylic acids is 2. The maximum atomic E-state index is 13.4. The van der Waals surface area contributed by atoms with Crippen LogP contribution in [0.3, 0.4) is 0 Å². The average molecular weight is 883 g/mol. The van der Waals surface area contributed by atoms with Gasteiger partial charge in [-0.3, -0.25) is 9.59 Å². The Hall–Kier alpha value is -4.60. The lowest BCUT2D eigenvalue weighted by molar-refractivity contribution is -0.126. The first-order chi connectivity index (χ1) is 30.2. The van der Waals surface area contributed by atoms with E-state index in [0.717, 1.165) is 72.6 Å². The van der Waals surface area contributed by atoms with Crippen molar-refractivity contribution in [3.05, 3.63) is 101 Å². The van der Waals surface area contributed by atoms with Crippen molar-refractivity contribution in [2.24, 2.45) is 11.8 Å². The number of likely N-dealkylation sites (N-methyl/N-ethyl adjacent to an activating group) is 1. The fourth-order valence-corrected chi connectivity index (χ4v) is 8.17. The van der Waals surface area contributed by atoms with E-state index in [2.05, 4.69) is 71.4 Å². The maximum Gasteiger partial charge on any atom is 0.259 e. The number of rotatable bonds is 17. The fraction of sp³-hybridized carbons (Fsp3) is 0.528. The van der Waals surface area contributed by atoms with Crippen LogP contribution in [0.15, 0.2) is 85.0 Å². The number of aryl methyl sites for hydroxylation is 1. The lowest BCUT2D eigenvalue weighted by Crippen LogP contribution is -2.49. The molecule has 63 heavy (non-hydrogen) atoms. The molecule has 3 atom stereocenters. The Morgan fingerprint density at radius 1 is 0.968 bits per heavy atom. The molecule has 9 nitrogen and oxygen atoms in total. The molecule has 344 valence electrons. The van der Waals surface area contributed by atoms with Crippen molar-refractivity contribution in [2.75, 3.05) is 39.7 Å². The zero-order chi connectivity index (χ0) is 46.3. The minimum absolute atomic E-state index is 0.0178. The summed E-state index contributed by atoms with van der Waals surface area (Å²) in [4.78, 5) is 34.0. The molecule has 2 aliphatic carbocycles. The SMILES string of the molecule is C1CCC1.C=C1C(C(=O)Nc2cccc(-c3cccc(-c4cc5c(c(OC)n4)C(C)CC5)c3Cl)c2)=CN(CCOC)C(=C)N1C.CCC(C)CCC(CC)(CC)NC(=O)C(C)CC.